The molecule has 6 heteroatoms. The number of nitrogens with zero attached hydrogens (tertiary/aromatic N) is 1. The van der Waals surface area contributed by atoms with Gasteiger partial charge in [-0.15, -0.1) is 23.7 Å². The zero-order valence-electron chi connectivity index (χ0n) is 9.89. The lowest BCUT2D eigenvalue weighted by atomic mass is 10.1. The molecule has 0 radical (unpaired) electrons. The fraction of sp³-hybridized carbons (Fsp3) is 0.583. The number of hydrogen-bond donors (Lipinski definition) is 1. The molecule has 2 atom stereocenters. The van der Waals surface area contributed by atoms with E-state index in [-0.39, 0.29) is 18.3 Å². The Labute approximate surface area is 125 Å². The Morgan fingerprint density at radius 1 is 1.33 bits per heavy atom. The smallest absolute Gasteiger partial charge is 0.264 e. The second-order valence-electron chi connectivity index (χ2n) is 4.78. The molecule has 18 heavy (non-hydrogen) atoms. The van der Waals surface area contributed by atoms with Crippen LogP contribution in [0.5, 0.6) is 0 Å². The average Bonchev–Trinajstić information content (AvgIpc) is 2.84. The third-order valence-electron chi connectivity index (χ3n) is 3.59. The summed E-state index contributed by atoms with van der Waals surface area (Å²) in [5.74, 6) is 0.190. The van der Waals surface area contributed by atoms with Crippen LogP contribution in [0.1, 0.15) is 28.9 Å². The average molecular weight is 352 g/mol. The third-order valence-corrected chi connectivity index (χ3v) is 5.21. The molecule has 0 aliphatic carbocycles. The number of thiophene rings is 1. The van der Waals surface area contributed by atoms with Gasteiger partial charge in [0.25, 0.3) is 5.91 Å². The standard InChI is InChI=1S/C12H15BrN2OS.ClH/c13-11-4-3-10(17-11)12(16)15-6-5-8-1-2-9(7-15)14-8;/h3-4,8-9,14H,1-2,5-7H2;1H. The molecule has 3 heterocycles. The molecule has 3 nitrogen and oxygen atoms in total. The Bertz CT molecular complexity index is 439. The summed E-state index contributed by atoms with van der Waals surface area (Å²) in [5.41, 5.74) is 0. The number of amides is 1. The van der Waals surface area contributed by atoms with E-state index in [9.17, 15) is 4.79 Å². The summed E-state index contributed by atoms with van der Waals surface area (Å²) in [6.07, 6.45) is 3.58. The predicted molar refractivity (Wildman–Crippen MR) is 79.7 cm³/mol. The van der Waals surface area contributed by atoms with Crippen molar-refractivity contribution < 1.29 is 4.79 Å². The highest BCUT2D eigenvalue weighted by molar-refractivity contribution is 9.11. The van der Waals surface area contributed by atoms with Crippen LogP contribution < -0.4 is 5.32 Å². The van der Waals surface area contributed by atoms with Gasteiger partial charge in [0, 0.05) is 25.2 Å². The van der Waals surface area contributed by atoms with Crippen LogP contribution in [-0.4, -0.2) is 36.0 Å². The highest BCUT2D eigenvalue weighted by Gasteiger charge is 2.31. The molecule has 0 saturated carbocycles. The minimum atomic E-state index is 0. The number of carbonyl (C=O) groups excluding carboxylic acids is 1. The Kier molecular flexibility index (Phi) is 4.69. The molecule has 1 aromatic rings. The maximum absolute atomic E-state index is 12.3. The van der Waals surface area contributed by atoms with Crippen molar-refractivity contribution in [3.8, 4) is 0 Å². The van der Waals surface area contributed by atoms with Crippen molar-refractivity contribution in [3.05, 3.63) is 20.8 Å². The molecular weight excluding hydrogens is 336 g/mol. The molecular formula is C12H16BrClN2OS. The zero-order chi connectivity index (χ0) is 11.8. The molecule has 2 bridgehead atoms. The summed E-state index contributed by atoms with van der Waals surface area (Å²) >= 11 is 4.93. The summed E-state index contributed by atoms with van der Waals surface area (Å²) in [6, 6.07) is 5.00. The van der Waals surface area contributed by atoms with Gasteiger partial charge >= 0.3 is 0 Å². The zero-order valence-corrected chi connectivity index (χ0v) is 13.1. The van der Waals surface area contributed by atoms with Crippen molar-refractivity contribution in [3.63, 3.8) is 0 Å². The SMILES string of the molecule is Cl.O=C(c1ccc(Br)s1)N1CCC2CCC(C1)N2. The topological polar surface area (TPSA) is 32.3 Å². The first-order chi connectivity index (χ1) is 8.22. The van der Waals surface area contributed by atoms with E-state index in [0.717, 1.165) is 28.2 Å². The van der Waals surface area contributed by atoms with Crippen molar-refractivity contribution in [2.75, 3.05) is 13.1 Å². The molecule has 2 unspecified atom stereocenters. The number of fused-ring (bicyclic) bond motifs is 2. The second-order valence-corrected chi connectivity index (χ2v) is 7.24. The van der Waals surface area contributed by atoms with E-state index < -0.39 is 0 Å². The van der Waals surface area contributed by atoms with Crippen molar-refractivity contribution >= 4 is 45.6 Å². The minimum Gasteiger partial charge on any atom is -0.336 e. The summed E-state index contributed by atoms with van der Waals surface area (Å²) in [5, 5.41) is 3.59. The van der Waals surface area contributed by atoms with E-state index in [1.165, 1.54) is 24.2 Å². The van der Waals surface area contributed by atoms with Crippen LogP contribution in [0.2, 0.25) is 0 Å². The first-order valence-electron chi connectivity index (χ1n) is 6.03. The Hall–Kier alpha value is -0.100. The third kappa shape index (κ3) is 2.90. The number of halogens is 2. The molecule has 1 aromatic heterocycles. The van der Waals surface area contributed by atoms with Gasteiger partial charge in [0.1, 0.15) is 0 Å². The van der Waals surface area contributed by atoms with E-state index in [2.05, 4.69) is 21.2 Å². The Balaban J connectivity index is 0.00000120. The van der Waals surface area contributed by atoms with Crippen molar-refractivity contribution in [1.82, 2.24) is 10.2 Å². The lowest BCUT2D eigenvalue weighted by molar-refractivity contribution is 0.0753. The molecule has 2 fully saturated rings. The van der Waals surface area contributed by atoms with E-state index in [4.69, 9.17) is 0 Å². The summed E-state index contributed by atoms with van der Waals surface area (Å²) in [6.45, 7) is 1.76. The van der Waals surface area contributed by atoms with Crippen LogP contribution in [0.3, 0.4) is 0 Å². The molecule has 0 spiro atoms. The Morgan fingerprint density at radius 2 is 2.11 bits per heavy atom. The predicted octanol–water partition coefficient (Wildman–Crippen LogP) is 2.90. The summed E-state index contributed by atoms with van der Waals surface area (Å²) in [7, 11) is 0. The maximum Gasteiger partial charge on any atom is 0.264 e. The quantitative estimate of drug-likeness (QED) is 0.844. The second kappa shape index (κ2) is 5.90. The minimum absolute atomic E-state index is 0. The monoisotopic (exact) mass is 350 g/mol. The number of rotatable bonds is 1. The Morgan fingerprint density at radius 3 is 2.83 bits per heavy atom. The van der Waals surface area contributed by atoms with Crippen molar-refractivity contribution in [2.24, 2.45) is 0 Å². The molecule has 1 amide bonds. The van der Waals surface area contributed by atoms with Crippen LogP contribution in [0.4, 0.5) is 0 Å². The maximum atomic E-state index is 12.3. The fourth-order valence-electron chi connectivity index (χ4n) is 2.71. The van der Waals surface area contributed by atoms with E-state index >= 15 is 0 Å². The van der Waals surface area contributed by atoms with Crippen LogP contribution in [0.25, 0.3) is 0 Å². The lowest BCUT2D eigenvalue weighted by Crippen LogP contribution is -2.38. The van der Waals surface area contributed by atoms with Crippen molar-refractivity contribution in [1.29, 1.82) is 0 Å². The summed E-state index contributed by atoms with van der Waals surface area (Å²) in [4.78, 5) is 15.2. The number of nitrogens with one attached hydrogen (secondary N) is 1. The van der Waals surface area contributed by atoms with E-state index in [0.29, 0.717) is 12.1 Å². The van der Waals surface area contributed by atoms with Gasteiger partial charge in [-0.05, 0) is 47.3 Å². The van der Waals surface area contributed by atoms with Crippen LogP contribution in [-0.2, 0) is 0 Å². The van der Waals surface area contributed by atoms with Gasteiger partial charge in [-0.25, -0.2) is 0 Å². The van der Waals surface area contributed by atoms with Crippen molar-refractivity contribution in [2.45, 2.75) is 31.3 Å². The molecule has 2 aliphatic heterocycles. The van der Waals surface area contributed by atoms with E-state index in [1.807, 2.05) is 17.0 Å². The van der Waals surface area contributed by atoms with Crippen LogP contribution >= 0.6 is 39.7 Å². The molecule has 1 N–H and O–H groups in total. The van der Waals surface area contributed by atoms with Crippen LogP contribution in [0, 0.1) is 0 Å². The normalized spacial score (nSPS) is 26.6. The number of hydrogen-bond acceptors (Lipinski definition) is 3. The molecule has 2 saturated heterocycles. The van der Waals surface area contributed by atoms with Gasteiger partial charge < -0.3 is 10.2 Å². The molecule has 0 aromatic carbocycles. The first-order valence-corrected chi connectivity index (χ1v) is 7.64. The van der Waals surface area contributed by atoms with Gasteiger partial charge in [0.2, 0.25) is 0 Å². The van der Waals surface area contributed by atoms with Gasteiger partial charge in [-0.1, -0.05) is 0 Å². The molecule has 100 valence electrons. The molecule has 3 rings (SSSR count). The van der Waals surface area contributed by atoms with Gasteiger partial charge in [0.05, 0.1) is 8.66 Å². The fourth-order valence-corrected chi connectivity index (χ4v) is 4.07. The number of likely N-dealkylation sites (tertiary alicyclic amines) is 1. The van der Waals surface area contributed by atoms with Gasteiger partial charge in [-0.3, -0.25) is 4.79 Å². The molecule has 2 aliphatic rings. The highest BCUT2D eigenvalue weighted by Crippen LogP contribution is 2.26. The van der Waals surface area contributed by atoms with Gasteiger partial charge in [0.15, 0.2) is 0 Å². The lowest BCUT2D eigenvalue weighted by Gasteiger charge is -2.23. The largest absolute Gasteiger partial charge is 0.336 e. The van der Waals surface area contributed by atoms with E-state index in [1.54, 1.807) is 0 Å². The van der Waals surface area contributed by atoms with Gasteiger partial charge in [-0.2, -0.15) is 0 Å². The first kappa shape index (κ1) is 14.3. The number of carbonyl (C=O) groups is 1. The highest BCUT2D eigenvalue weighted by atomic mass is 79.9. The summed E-state index contributed by atoms with van der Waals surface area (Å²) < 4.78 is 1.02. The van der Waals surface area contributed by atoms with Crippen LogP contribution in [0.15, 0.2) is 15.9 Å².